The third kappa shape index (κ3) is 4.83. The molecule has 5 heteroatoms. The van der Waals surface area contributed by atoms with E-state index in [-0.39, 0.29) is 16.0 Å². The molecule has 0 saturated heterocycles. The Morgan fingerprint density at radius 1 is 1.07 bits per heavy atom. The smallest absolute Gasteiger partial charge is 0.269 e. The molecule has 0 aromatic heterocycles. The first-order valence-electron chi connectivity index (χ1n) is 9.05. The summed E-state index contributed by atoms with van der Waals surface area (Å²) >= 11 is 0. The van der Waals surface area contributed by atoms with Crippen molar-refractivity contribution in [3.63, 3.8) is 0 Å². The minimum absolute atomic E-state index is 0.0406. The van der Waals surface area contributed by atoms with Gasteiger partial charge in [0.15, 0.2) is 0 Å². The van der Waals surface area contributed by atoms with Gasteiger partial charge in [-0.05, 0) is 46.4 Å². The quantitative estimate of drug-likeness (QED) is 0.475. The fraction of sp³-hybridized carbons (Fsp3) is 0.273. The number of nitrogens with one attached hydrogen (secondary N) is 1. The van der Waals surface area contributed by atoms with Crippen LogP contribution in [0.5, 0.6) is 0 Å². The van der Waals surface area contributed by atoms with Gasteiger partial charge in [-0.25, -0.2) is 0 Å². The van der Waals surface area contributed by atoms with Gasteiger partial charge in [-0.3, -0.25) is 15.4 Å². The normalized spacial score (nSPS) is 14.7. The summed E-state index contributed by atoms with van der Waals surface area (Å²) in [5.41, 5.74) is 4.60. The summed E-state index contributed by atoms with van der Waals surface area (Å²) in [7, 11) is 0. The van der Waals surface area contributed by atoms with Gasteiger partial charge in [0.25, 0.3) is 5.69 Å². The van der Waals surface area contributed by atoms with E-state index in [0.29, 0.717) is 0 Å². The highest BCUT2D eigenvalue weighted by atomic mass is 16.6. The maximum atomic E-state index is 10.8. The van der Waals surface area contributed by atoms with Crippen LogP contribution in [-0.2, 0) is 5.41 Å². The topological polar surface area (TPSA) is 58.4 Å². The number of non-ortho nitro benzene ring substituents is 1. The van der Waals surface area contributed by atoms with Crippen LogP contribution in [0.4, 0.5) is 11.4 Å². The molecule has 27 heavy (non-hydrogen) atoms. The fourth-order valence-electron chi connectivity index (χ4n) is 2.91. The average molecular weight is 363 g/mol. The zero-order valence-electron chi connectivity index (χ0n) is 16.0. The Labute approximate surface area is 160 Å². The Balaban J connectivity index is 1.92. The summed E-state index contributed by atoms with van der Waals surface area (Å²) in [6.07, 6.45) is 8.27. The third-order valence-corrected chi connectivity index (χ3v) is 4.54. The van der Waals surface area contributed by atoms with Gasteiger partial charge in [-0.15, -0.1) is 0 Å². The van der Waals surface area contributed by atoms with Crippen molar-refractivity contribution >= 4 is 23.5 Å². The molecule has 0 aliphatic carbocycles. The van der Waals surface area contributed by atoms with Crippen LogP contribution in [0.15, 0.2) is 54.7 Å². The lowest BCUT2D eigenvalue weighted by atomic mass is 9.85. The molecule has 1 aliphatic heterocycles. The monoisotopic (exact) mass is 363 g/mol. The largest absolute Gasteiger partial charge is 0.335 e. The maximum absolute atomic E-state index is 10.8. The SMILES string of the molecule is CC(C)(C)c1cc(/C=C/c2ccc([N+](=O)[O-])cc2)cc(N2C=CCNC2)c1. The van der Waals surface area contributed by atoms with Gasteiger partial charge in [-0.1, -0.05) is 45.1 Å². The second-order valence-corrected chi connectivity index (χ2v) is 7.71. The third-order valence-electron chi connectivity index (χ3n) is 4.54. The molecule has 2 aromatic rings. The van der Waals surface area contributed by atoms with Gasteiger partial charge in [0.05, 0.1) is 11.6 Å². The molecule has 3 rings (SSSR count). The number of rotatable bonds is 4. The molecular formula is C22H25N3O2. The van der Waals surface area contributed by atoms with Crippen LogP contribution in [-0.4, -0.2) is 18.1 Å². The number of hydrogen-bond donors (Lipinski definition) is 1. The fourth-order valence-corrected chi connectivity index (χ4v) is 2.91. The van der Waals surface area contributed by atoms with Gasteiger partial charge in [0.1, 0.15) is 0 Å². The van der Waals surface area contributed by atoms with Gasteiger partial charge < -0.3 is 4.90 Å². The molecule has 0 bridgehead atoms. The molecule has 0 saturated carbocycles. The van der Waals surface area contributed by atoms with Crippen molar-refractivity contribution in [2.24, 2.45) is 0 Å². The lowest BCUT2D eigenvalue weighted by Crippen LogP contribution is -2.34. The predicted octanol–water partition coefficient (Wildman–Crippen LogP) is 4.94. The molecule has 0 unspecified atom stereocenters. The minimum atomic E-state index is -0.382. The van der Waals surface area contributed by atoms with Crippen LogP contribution < -0.4 is 10.2 Å². The Kier molecular flexibility index (Phi) is 5.42. The maximum Gasteiger partial charge on any atom is 0.269 e. The van der Waals surface area contributed by atoms with E-state index in [4.69, 9.17) is 0 Å². The summed E-state index contributed by atoms with van der Waals surface area (Å²) in [6, 6.07) is 13.2. The Morgan fingerprint density at radius 3 is 2.37 bits per heavy atom. The predicted molar refractivity (Wildman–Crippen MR) is 112 cm³/mol. The van der Waals surface area contributed by atoms with Crippen LogP contribution in [0.3, 0.4) is 0 Å². The lowest BCUT2D eigenvalue weighted by molar-refractivity contribution is -0.384. The van der Waals surface area contributed by atoms with Crippen LogP contribution in [0, 0.1) is 10.1 Å². The van der Waals surface area contributed by atoms with Crippen molar-refractivity contribution < 1.29 is 4.92 Å². The first kappa shape index (κ1) is 18.9. The number of anilines is 1. The first-order valence-corrected chi connectivity index (χ1v) is 9.05. The number of nitro benzene ring substituents is 1. The minimum Gasteiger partial charge on any atom is -0.335 e. The van der Waals surface area contributed by atoms with Crippen molar-refractivity contribution in [2.45, 2.75) is 26.2 Å². The van der Waals surface area contributed by atoms with Crippen molar-refractivity contribution in [1.82, 2.24) is 5.32 Å². The zero-order valence-corrected chi connectivity index (χ0v) is 16.0. The van der Waals surface area contributed by atoms with Gasteiger partial charge in [0, 0.05) is 30.6 Å². The van der Waals surface area contributed by atoms with Gasteiger partial charge in [-0.2, -0.15) is 0 Å². The summed E-state index contributed by atoms with van der Waals surface area (Å²) < 4.78 is 0. The molecule has 140 valence electrons. The molecule has 0 amide bonds. The Morgan fingerprint density at radius 2 is 1.78 bits per heavy atom. The van der Waals surface area contributed by atoms with Crippen molar-refractivity contribution in [3.8, 4) is 0 Å². The summed E-state index contributed by atoms with van der Waals surface area (Å²) in [6.45, 7) is 8.30. The summed E-state index contributed by atoms with van der Waals surface area (Å²) in [4.78, 5) is 12.6. The second kappa shape index (κ2) is 7.76. The highest BCUT2D eigenvalue weighted by Crippen LogP contribution is 2.29. The summed E-state index contributed by atoms with van der Waals surface area (Å²) in [5.74, 6) is 0. The number of benzene rings is 2. The van der Waals surface area contributed by atoms with E-state index < -0.39 is 0 Å². The highest BCUT2D eigenvalue weighted by molar-refractivity contribution is 5.73. The van der Waals surface area contributed by atoms with Gasteiger partial charge in [0.2, 0.25) is 0 Å². The highest BCUT2D eigenvalue weighted by Gasteiger charge is 2.17. The molecule has 0 fully saturated rings. The van der Waals surface area contributed by atoms with E-state index in [9.17, 15) is 10.1 Å². The zero-order chi connectivity index (χ0) is 19.4. The molecule has 0 spiro atoms. The van der Waals surface area contributed by atoms with E-state index in [2.05, 4.69) is 67.5 Å². The van der Waals surface area contributed by atoms with Crippen molar-refractivity contribution in [3.05, 3.63) is 81.5 Å². The molecular weight excluding hydrogens is 338 g/mol. The van der Waals surface area contributed by atoms with Crippen LogP contribution in [0.25, 0.3) is 12.2 Å². The molecule has 0 radical (unpaired) electrons. The summed E-state index contributed by atoms with van der Waals surface area (Å²) in [5, 5.41) is 14.1. The van der Waals surface area contributed by atoms with E-state index in [1.54, 1.807) is 12.1 Å². The first-order chi connectivity index (χ1) is 12.8. The molecule has 1 N–H and O–H groups in total. The van der Waals surface area contributed by atoms with E-state index >= 15 is 0 Å². The molecule has 0 atom stereocenters. The number of nitro groups is 1. The van der Waals surface area contributed by atoms with E-state index in [1.165, 1.54) is 17.7 Å². The van der Waals surface area contributed by atoms with Gasteiger partial charge >= 0.3 is 0 Å². The van der Waals surface area contributed by atoms with E-state index in [0.717, 1.165) is 30.0 Å². The van der Waals surface area contributed by atoms with Crippen molar-refractivity contribution in [2.75, 3.05) is 18.1 Å². The van der Waals surface area contributed by atoms with E-state index in [1.807, 2.05) is 6.08 Å². The molecule has 2 aromatic carbocycles. The standard InChI is InChI=1S/C22H25N3O2/c1-22(2,3)19-13-18(14-21(15-19)24-12-4-11-23-16-24)6-5-17-7-9-20(10-8-17)25(26)27/h4-10,12-15,23H,11,16H2,1-3H3/b6-5+. The Hall–Kier alpha value is -2.92. The van der Waals surface area contributed by atoms with Crippen LogP contribution >= 0.6 is 0 Å². The Bertz CT molecular complexity index is 877. The average Bonchev–Trinajstić information content (AvgIpc) is 2.66. The molecule has 1 heterocycles. The van der Waals surface area contributed by atoms with Crippen molar-refractivity contribution in [1.29, 1.82) is 0 Å². The molecule has 1 aliphatic rings. The number of hydrogen-bond acceptors (Lipinski definition) is 4. The number of nitrogens with zero attached hydrogens (tertiary/aromatic N) is 2. The van der Waals surface area contributed by atoms with Crippen LogP contribution in [0.2, 0.25) is 0 Å². The molecule has 5 nitrogen and oxygen atoms in total. The lowest BCUT2D eigenvalue weighted by Gasteiger charge is -2.27. The second-order valence-electron chi connectivity index (χ2n) is 7.71. The van der Waals surface area contributed by atoms with Crippen LogP contribution in [0.1, 0.15) is 37.5 Å².